The average Bonchev–Trinajstić information content (AvgIpc) is 1.93. The summed E-state index contributed by atoms with van der Waals surface area (Å²) in [6.07, 6.45) is -2.75. The Hall–Kier alpha value is 0.0700. The number of ether oxygens (including phenoxy) is 1. The van der Waals surface area contributed by atoms with Gasteiger partial charge >= 0.3 is 0 Å². The SMILES string of the molecule is CC1(C)COC(CC(F)F)CN1.Cl. The van der Waals surface area contributed by atoms with Crippen LogP contribution in [-0.2, 0) is 4.74 Å². The highest BCUT2D eigenvalue weighted by Crippen LogP contribution is 2.15. The van der Waals surface area contributed by atoms with Gasteiger partial charge in [-0.15, -0.1) is 12.4 Å². The van der Waals surface area contributed by atoms with Crippen molar-refractivity contribution < 1.29 is 13.5 Å². The molecule has 13 heavy (non-hydrogen) atoms. The first-order valence-corrected chi connectivity index (χ1v) is 4.14. The zero-order valence-corrected chi connectivity index (χ0v) is 8.66. The molecule has 1 saturated heterocycles. The maximum absolute atomic E-state index is 11.9. The molecule has 0 bridgehead atoms. The second-order valence-corrected chi connectivity index (χ2v) is 3.82. The fraction of sp³-hybridized carbons (Fsp3) is 1.00. The van der Waals surface area contributed by atoms with Gasteiger partial charge in [-0.05, 0) is 13.8 Å². The second kappa shape index (κ2) is 5.08. The van der Waals surface area contributed by atoms with Gasteiger partial charge in [-0.3, -0.25) is 0 Å². The Labute approximate surface area is 83.4 Å². The normalized spacial score (nSPS) is 27.0. The molecule has 1 aliphatic rings. The molecule has 1 fully saturated rings. The summed E-state index contributed by atoms with van der Waals surface area (Å²) in [6.45, 7) is 5.01. The van der Waals surface area contributed by atoms with Crippen LogP contribution in [0.1, 0.15) is 20.3 Å². The molecular weight excluding hydrogens is 200 g/mol. The first kappa shape index (κ1) is 13.1. The van der Waals surface area contributed by atoms with Crippen molar-refractivity contribution >= 4 is 12.4 Å². The molecule has 2 nitrogen and oxygen atoms in total. The molecule has 1 rings (SSSR count). The fourth-order valence-corrected chi connectivity index (χ4v) is 1.18. The number of nitrogens with one attached hydrogen (secondary N) is 1. The van der Waals surface area contributed by atoms with Crippen LogP contribution in [0, 0.1) is 0 Å². The Balaban J connectivity index is 0.00000144. The molecule has 1 atom stereocenters. The largest absolute Gasteiger partial charge is 0.375 e. The van der Waals surface area contributed by atoms with Gasteiger partial charge in [-0.1, -0.05) is 0 Å². The lowest BCUT2D eigenvalue weighted by atomic mass is 10.0. The highest BCUT2D eigenvalue weighted by molar-refractivity contribution is 5.85. The van der Waals surface area contributed by atoms with E-state index in [2.05, 4.69) is 5.32 Å². The van der Waals surface area contributed by atoms with E-state index in [9.17, 15) is 8.78 Å². The number of hydrogen-bond acceptors (Lipinski definition) is 2. The molecule has 0 radical (unpaired) electrons. The first-order valence-electron chi connectivity index (χ1n) is 4.14. The zero-order chi connectivity index (χ0) is 9.19. The molecule has 1 aliphatic heterocycles. The predicted octanol–water partition coefficient (Wildman–Crippen LogP) is 1.83. The lowest BCUT2D eigenvalue weighted by Gasteiger charge is -2.35. The van der Waals surface area contributed by atoms with Crippen molar-refractivity contribution in [3.8, 4) is 0 Å². The lowest BCUT2D eigenvalue weighted by Crippen LogP contribution is -2.53. The number of rotatable bonds is 2. The quantitative estimate of drug-likeness (QED) is 0.759. The van der Waals surface area contributed by atoms with Gasteiger partial charge in [0.05, 0.1) is 12.7 Å². The van der Waals surface area contributed by atoms with Gasteiger partial charge in [0.2, 0.25) is 6.43 Å². The third-order valence-electron chi connectivity index (χ3n) is 1.93. The molecule has 0 aliphatic carbocycles. The van der Waals surface area contributed by atoms with Crippen molar-refractivity contribution in [3.05, 3.63) is 0 Å². The van der Waals surface area contributed by atoms with Gasteiger partial charge in [0, 0.05) is 18.5 Å². The van der Waals surface area contributed by atoms with Crippen molar-refractivity contribution in [1.29, 1.82) is 0 Å². The van der Waals surface area contributed by atoms with E-state index < -0.39 is 6.43 Å². The van der Waals surface area contributed by atoms with Crippen LogP contribution in [0.15, 0.2) is 0 Å². The molecular formula is C8H16ClF2NO. The molecule has 0 spiro atoms. The van der Waals surface area contributed by atoms with E-state index in [-0.39, 0.29) is 30.5 Å². The first-order chi connectivity index (χ1) is 5.49. The van der Waals surface area contributed by atoms with E-state index in [0.717, 1.165) is 0 Å². The van der Waals surface area contributed by atoms with Crippen molar-refractivity contribution in [1.82, 2.24) is 5.32 Å². The Kier molecular flexibility index (Phi) is 5.10. The maximum Gasteiger partial charge on any atom is 0.241 e. The molecule has 0 aromatic rings. The van der Waals surface area contributed by atoms with Gasteiger partial charge in [-0.2, -0.15) is 0 Å². The van der Waals surface area contributed by atoms with Crippen LogP contribution >= 0.6 is 12.4 Å². The summed E-state index contributed by atoms with van der Waals surface area (Å²) in [4.78, 5) is 0. The molecule has 0 amide bonds. The third-order valence-corrected chi connectivity index (χ3v) is 1.93. The van der Waals surface area contributed by atoms with Crippen molar-refractivity contribution in [2.45, 2.75) is 38.3 Å². The maximum atomic E-state index is 11.9. The highest BCUT2D eigenvalue weighted by Gasteiger charge is 2.28. The summed E-state index contributed by atoms with van der Waals surface area (Å²) < 4.78 is 29.1. The lowest BCUT2D eigenvalue weighted by molar-refractivity contribution is -0.0489. The number of halogens is 3. The fourth-order valence-electron chi connectivity index (χ4n) is 1.18. The summed E-state index contributed by atoms with van der Waals surface area (Å²) in [5.41, 5.74) is -0.0708. The standard InChI is InChI=1S/C8H15F2NO.ClH/c1-8(2)5-12-6(4-11-8)3-7(9)10;/h6-7,11H,3-5H2,1-2H3;1H. The minimum absolute atomic E-state index is 0. The molecule has 80 valence electrons. The molecule has 0 aromatic carbocycles. The Bertz CT molecular complexity index is 145. The van der Waals surface area contributed by atoms with Crippen LogP contribution in [0.25, 0.3) is 0 Å². The average molecular weight is 216 g/mol. The van der Waals surface area contributed by atoms with Crippen LogP contribution in [0.2, 0.25) is 0 Å². The van der Waals surface area contributed by atoms with Crippen LogP contribution in [0.4, 0.5) is 8.78 Å². The molecule has 1 unspecified atom stereocenters. The van der Waals surface area contributed by atoms with Gasteiger partial charge < -0.3 is 10.1 Å². The number of morpholine rings is 1. The van der Waals surface area contributed by atoms with E-state index in [1.54, 1.807) is 0 Å². The monoisotopic (exact) mass is 215 g/mol. The van der Waals surface area contributed by atoms with Gasteiger partial charge in [0.25, 0.3) is 0 Å². The molecule has 5 heteroatoms. The van der Waals surface area contributed by atoms with Gasteiger partial charge in [-0.25, -0.2) is 8.78 Å². The smallest absolute Gasteiger partial charge is 0.241 e. The molecule has 1 heterocycles. The van der Waals surface area contributed by atoms with Crippen molar-refractivity contribution in [2.24, 2.45) is 0 Å². The summed E-state index contributed by atoms with van der Waals surface area (Å²) in [5.74, 6) is 0. The second-order valence-electron chi connectivity index (χ2n) is 3.82. The number of hydrogen-bond donors (Lipinski definition) is 1. The molecule has 1 N–H and O–H groups in total. The highest BCUT2D eigenvalue weighted by atomic mass is 35.5. The van der Waals surface area contributed by atoms with E-state index in [0.29, 0.717) is 13.2 Å². The summed E-state index contributed by atoms with van der Waals surface area (Å²) in [7, 11) is 0. The Morgan fingerprint density at radius 3 is 2.54 bits per heavy atom. The van der Waals surface area contributed by atoms with E-state index in [1.165, 1.54) is 0 Å². The van der Waals surface area contributed by atoms with E-state index in [4.69, 9.17) is 4.74 Å². The van der Waals surface area contributed by atoms with Crippen LogP contribution in [-0.4, -0.2) is 31.2 Å². The minimum atomic E-state index is -2.27. The predicted molar refractivity (Wildman–Crippen MR) is 49.7 cm³/mol. The third kappa shape index (κ3) is 4.74. The van der Waals surface area contributed by atoms with Crippen LogP contribution in [0.5, 0.6) is 0 Å². The van der Waals surface area contributed by atoms with E-state index >= 15 is 0 Å². The summed E-state index contributed by atoms with van der Waals surface area (Å²) in [5, 5.41) is 3.16. The molecule has 0 aromatic heterocycles. The van der Waals surface area contributed by atoms with Crippen molar-refractivity contribution in [3.63, 3.8) is 0 Å². The van der Waals surface area contributed by atoms with Crippen LogP contribution < -0.4 is 5.32 Å². The van der Waals surface area contributed by atoms with Gasteiger partial charge in [0.1, 0.15) is 0 Å². The van der Waals surface area contributed by atoms with Crippen LogP contribution in [0.3, 0.4) is 0 Å². The zero-order valence-electron chi connectivity index (χ0n) is 7.85. The Morgan fingerprint density at radius 1 is 1.54 bits per heavy atom. The number of alkyl halides is 2. The summed E-state index contributed by atoms with van der Waals surface area (Å²) >= 11 is 0. The minimum Gasteiger partial charge on any atom is -0.375 e. The Morgan fingerprint density at radius 2 is 2.15 bits per heavy atom. The summed E-state index contributed by atoms with van der Waals surface area (Å²) in [6, 6.07) is 0. The van der Waals surface area contributed by atoms with Crippen molar-refractivity contribution in [2.75, 3.05) is 13.2 Å². The van der Waals surface area contributed by atoms with Gasteiger partial charge in [0.15, 0.2) is 0 Å². The van der Waals surface area contributed by atoms with E-state index in [1.807, 2.05) is 13.8 Å². The molecule has 0 saturated carbocycles. The topological polar surface area (TPSA) is 21.3 Å².